The van der Waals surface area contributed by atoms with Crippen LogP contribution in [0.15, 0.2) is 33.7 Å². The molecular formula is C19H24N2O3. The summed E-state index contributed by atoms with van der Waals surface area (Å²) in [4.78, 5) is 17.5. The van der Waals surface area contributed by atoms with Crippen molar-refractivity contribution in [2.24, 2.45) is 0 Å². The molecule has 3 heterocycles. The van der Waals surface area contributed by atoms with E-state index >= 15 is 0 Å². The van der Waals surface area contributed by atoms with Crippen molar-refractivity contribution in [3.63, 3.8) is 0 Å². The molecule has 2 aromatic rings. The Bertz CT molecular complexity index is 816. The summed E-state index contributed by atoms with van der Waals surface area (Å²) in [6.07, 6.45) is 2.23. The van der Waals surface area contributed by atoms with E-state index in [0.717, 1.165) is 31.6 Å². The Morgan fingerprint density at radius 1 is 1.29 bits per heavy atom. The molecule has 24 heavy (non-hydrogen) atoms. The standard InChI is InChI=1S/C19H24N2O3/c1-12-3-4-18-17(5-12)19(23)14(11-24-18)8-20-9-15-6-16(22)10-21(15)7-13(20)2/h3-5,11,13,15-16,22H,6-10H2,1-2H3/t13-,15-,16+/m0/s1. The zero-order valence-corrected chi connectivity index (χ0v) is 14.2. The van der Waals surface area contributed by atoms with E-state index in [1.807, 2.05) is 25.1 Å². The monoisotopic (exact) mass is 328 g/mol. The molecule has 2 fully saturated rings. The first-order chi connectivity index (χ1) is 11.5. The molecule has 2 aliphatic rings. The van der Waals surface area contributed by atoms with Crippen LogP contribution in [0.2, 0.25) is 0 Å². The van der Waals surface area contributed by atoms with Crippen molar-refractivity contribution >= 4 is 11.0 Å². The van der Waals surface area contributed by atoms with Gasteiger partial charge in [0.05, 0.1) is 17.8 Å². The van der Waals surface area contributed by atoms with Crippen LogP contribution in [-0.4, -0.2) is 52.7 Å². The summed E-state index contributed by atoms with van der Waals surface area (Å²) in [6.45, 7) is 7.39. The van der Waals surface area contributed by atoms with Gasteiger partial charge in [-0.2, -0.15) is 0 Å². The fourth-order valence-corrected chi connectivity index (χ4v) is 4.11. The molecule has 0 unspecified atom stereocenters. The summed E-state index contributed by atoms with van der Waals surface area (Å²) in [6, 6.07) is 6.47. The average Bonchev–Trinajstić information content (AvgIpc) is 2.89. The summed E-state index contributed by atoms with van der Waals surface area (Å²) >= 11 is 0. The van der Waals surface area contributed by atoms with Crippen molar-refractivity contribution < 1.29 is 9.52 Å². The maximum Gasteiger partial charge on any atom is 0.197 e. The molecule has 5 heteroatoms. The Kier molecular flexibility index (Phi) is 3.95. The van der Waals surface area contributed by atoms with Gasteiger partial charge in [-0.05, 0) is 32.4 Å². The molecule has 2 saturated heterocycles. The highest BCUT2D eigenvalue weighted by Gasteiger charge is 2.38. The average molecular weight is 328 g/mol. The van der Waals surface area contributed by atoms with Gasteiger partial charge in [0.15, 0.2) is 5.43 Å². The van der Waals surface area contributed by atoms with Crippen LogP contribution in [0.3, 0.4) is 0 Å². The van der Waals surface area contributed by atoms with Crippen molar-refractivity contribution in [3.05, 3.63) is 45.8 Å². The zero-order chi connectivity index (χ0) is 16.8. The Labute approximate surface area is 141 Å². The van der Waals surface area contributed by atoms with E-state index < -0.39 is 0 Å². The summed E-state index contributed by atoms with van der Waals surface area (Å²) in [5.74, 6) is 0. The van der Waals surface area contributed by atoms with Crippen LogP contribution in [-0.2, 0) is 6.54 Å². The van der Waals surface area contributed by atoms with Crippen LogP contribution in [0.25, 0.3) is 11.0 Å². The second kappa shape index (κ2) is 5.99. The molecule has 2 aliphatic heterocycles. The first-order valence-electron chi connectivity index (χ1n) is 8.68. The summed E-state index contributed by atoms with van der Waals surface area (Å²) in [5.41, 5.74) is 2.49. The number of hydrogen-bond donors (Lipinski definition) is 1. The van der Waals surface area contributed by atoms with E-state index in [1.54, 1.807) is 6.26 Å². The van der Waals surface area contributed by atoms with E-state index in [2.05, 4.69) is 16.7 Å². The zero-order valence-electron chi connectivity index (χ0n) is 14.2. The van der Waals surface area contributed by atoms with E-state index in [0.29, 0.717) is 35.2 Å². The summed E-state index contributed by atoms with van der Waals surface area (Å²) in [5, 5.41) is 10.5. The van der Waals surface area contributed by atoms with Crippen molar-refractivity contribution in [2.75, 3.05) is 19.6 Å². The number of aliphatic hydroxyl groups excluding tert-OH is 1. The molecule has 4 rings (SSSR count). The number of aliphatic hydroxyl groups is 1. The maximum atomic E-state index is 12.8. The number of benzene rings is 1. The molecule has 0 spiro atoms. The van der Waals surface area contributed by atoms with Gasteiger partial charge in [0.25, 0.3) is 0 Å². The second-order valence-electron chi connectivity index (χ2n) is 7.37. The predicted molar refractivity (Wildman–Crippen MR) is 93.1 cm³/mol. The smallest absolute Gasteiger partial charge is 0.197 e. The lowest BCUT2D eigenvalue weighted by molar-refractivity contribution is 0.0523. The molecule has 1 N–H and O–H groups in total. The molecule has 3 atom stereocenters. The van der Waals surface area contributed by atoms with Gasteiger partial charge in [-0.25, -0.2) is 0 Å². The third-order valence-electron chi connectivity index (χ3n) is 5.45. The highest BCUT2D eigenvalue weighted by atomic mass is 16.3. The molecule has 1 aromatic heterocycles. The lowest BCUT2D eigenvalue weighted by Crippen LogP contribution is -2.54. The quantitative estimate of drug-likeness (QED) is 0.910. The lowest BCUT2D eigenvalue weighted by atomic mass is 10.1. The van der Waals surface area contributed by atoms with Gasteiger partial charge < -0.3 is 9.52 Å². The number of aryl methyl sites for hydroxylation is 1. The Morgan fingerprint density at radius 2 is 2.12 bits per heavy atom. The number of hydrogen-bond acceptors (Lipinski definition) is 5. The molecule has 0 radical (unpaired) electrons. The normalized spacial score (nSPS) is 28.4. The number of nitrogens with zero attached hydrogens (tertiary/aromatic N) is 2. The molecular weight excluding hydrogens is 304 g/mol. The fraction of sp³-hybridized carbons (Fsp3) is 0.526. The van der Waals surface area contributed by atoms with Crippen molar-refractivity contribution in [3.8, 4) is 0 Å². The van der Waals surface area contributed by atoms with E-state index in [1.165, 1.54) is 0 Å². The Morgan fingerprint density at radius 3 is 2.96 bits per heavy atom. The minimum atomic E-state index is -0.212. The van der Waals surface area contributed by atoms with Crippen LogP contribution in [0, 0.1) is 6.92 Å². The highest BCUT2D eigenvalue weighted by Crippen LogP contribution is 2.26. The second-order valence-corrected chi connectivity index (χ2v) is 7.37. The van der Waals surface area contributed by atoms with Crippen molar-refractivity contribution in [1.29, 1.82) is 0 Å². The van der Waals surface area contributed by atoms with Crippen LogP contribution in [0.5, 0.6) is 0 Å². The largest absolute Gasteiger partial charge is 0.464 e. The third-order valence-corrected chi connectivity index (χ3v) is 5.45. The van der Waals surface area contributed by atoms with Crippen LogP contribution in [0.4, 0.5) is 0 Å². The minimum Gasteiger partial charge on any atom is -0.464 e. The lowest BCUT2D eigenvalue weighted by Gasteiger charge is -2.42. The molecule has 0 aliphatic carbocycles. The van der Waals surface area contributed by atoms with Crippen molar-refractivity contribution in [1.82, 2.24) is 9.80 Å². The molecule has 0 amide bonds. The topological polar surface area (TPSA) is 56.9 Å². The van der Waals surface area contributed by atoms with Gasteiger partial charge in [0.1, 0.15) is 5.58 Å². The SMILES string of the molecule is Cc1ccc2occ(CN3C[C@@H]4C[C@@H](O)CN4C[C@@H]3C)c(=O)c2c1. The molecule has 0 saturated carbocycles. The summed E-state index contributed by atoms with van der Waals surface area (Å²) < 4.78 is 5.68. The molecule has 0 bridgehead atoms. The maximum absolute atomic E-state index is 12.8. The highest BCUT2D eigenvalue weighted by molar-refractivity contribution is 5.77. The first kappa shape index (κ1) is 15.8. The number of fused-ring (bicyclic) bond motifs is 2. The van der Waals surface area contributed by atoms with E-state index in [4.69, 9.17) is 4.42 Å². The van der Waals surface area contributed by atoms with E-state index in [-0.39, 0.29) is 11.5 Å². The Hall–Kier alpha value is -1.69. The van der Waals surface area contributed by atoms with Gasteiger partial charge in [0, 0.05) is 43.8 Å². The molecule has 128 valence electrons. The van der Waals surface area contributed by atoms with Crippen LogP contribution >= 0.6 is 0 Å². The predicted octanol–water partition coefficient (Wildman–Crippen LogP) is 1.74. The van der Waals surface area contributed by atoms with Gasteiger partial charge in [0.2, 0.25) is 0 Å². The number of rotatable bonds is 2. The third kappa shape index (κ3) is 2.77. The van der Waals surface area contributed by atoms with Crippen molar-refractivity contribution in [2.45, 2.75) is 45.0 Å². The minimum absolute atomic E-state index is 0.0704. The van der Waals surface area contributed by atoms with E-state index in [9.17, 15) is 9.90 Å². The Balaban J connectivity index is 1.60. The fourth-order valence-electron chi connectivity index (χ4n) is 4.11. The molecule has 1 aromatic carbocycles. The summed E-state index contributed by atoms with van der Waals surface area (Å²) in [7, 11) is 0. The van der Waals surface area contributed by atoms with Crippen LogP contribution in [0.1, 0.15) is 24.5 Å². The van der Waals surface area contributed by atoms with Gasteiger partial charge in [-0.1, -0.05) is 11.6 Å². The van der Waals surface area contributed by atoms with Gasteiger partial charge in [-0.3, -0.25) is 14.6 Å². The van der Waals surface area contributed by atoms with Gasteiger partial charge >= 0.3 is 0 Å². The molecule has 5 nitrogen and oxygen atoms in total. The van der Waals surface area contributed by atoms with Crippen LogP contribution < -0.4 is 5.43 Å². The van der Waals surface area contributed by atoms with Gasteiger partial charge in [-0.15, -0.1) is 0 Å². The number of piperazine rings is 1. The first-order valence-corrected chi connectivity index (χ1v) is 8.68.